The summed E-state index contributed by atoms with van der Waals surface area (Å²) in [6.45, 7) is 7.00. The lowest BCUT2D eigenvalue weighted by Gasteiger charge is -2.30. The van der Waals surface area contributed by atoms with Crippen LogP contribution in [0.3, 0.4) is 0 Å². The van der Waals surface area contributed by atoms with Crippen molar-refractivity contribution in [1.29, 1.82) is 0 Å². The highest BCUT2D eigenvalue weighted by molar-refractivity contribution is 7.09. The monoisotopic (exact) mass is 332 g/mol. The van der Waals surface area contributed by atoms with Crippen LogP contribution < -0.4 is 10.2 Å². The SMILES string of the molecule is CC(C)Nc1nc2c(c(N(C)C)n1)CN(Cc1nccs1)CC2. The lowest BCUT2D eigenvalue weighted by Crippen LogP contribution is -2.33. The van der Waals surface area contributed by atoms with Crippen LogP contribution in [0, 0.1) is 0 Å². The molecule has 1 aliphatic heterocycles. The van der Waals surface area contributed by atoms with Gasteiger partial charge >= 0.3 is 0 Å². The van der Waals surface area contributed by atoms with Crippen molar-refractivity contribution in [3.63, 3.8) is 0 Å². The van der Waals surface area contributed by atoms with Crippen LogP contribution in [0.4, 0.5) is 11.8 Å². The van der Waals surface area contributed by atoms with E-state index in [4.69, 9.17) is 9.97 Å². The Morgan fingerprint density at radius 2 is 2.17 bits per heavy atom. The quantitative estimate of drug-likeness (QED) is 0.907. The van der Waals surface area contributed by atoms with Crippen molar-refractivity contribution < 1.29 is 0 Å². The average Bonchev–Trinajstić information content (AvgIpc) is 2.99. The fourth-order valence-electron chi connectivity index (χ4n) is 2.80. The second-order valence-corrected chi connectivity index (χ2v) is 7.36. The number of rotatable bonds is 5. The maximum atomic E-state index is 4.74. The van der Waals surface area contributed by atoms with Crippen LogP contribution in [0.15, 0.2) is 11.6 Å². The first-order valence-electron chi connectivity index (χ1n) is 7.97. The van der Waals surface area contributed by atoms with Crippen molar-refractivity contribution in [2.75, 3.05) is 30.9 Å². The molecule has 0 radical (unpaired) electrons. The number of fused-ring (bicyclic) bond motifs is 1. The second-order valence-electron chi connectivity index (χ2n) is 6.38. The van der Waals surface area contributed by atoms with Crippen LogP contribution in [0.5, 0.6) is 0 Å². The van der Waals surface area contributed by atoms with Gasteiger partial charge in [0.1, 0.15) is 10.8 Å². The largest absolute Gasteiger partial charge is 0.362 e. The number of hydrogen-bond donors (Lipinski definition) is 1. The van der Waals surface area contributed by atoms with Gasteiger partial charge in [-0.25, -0.2) is 9.97 Å². The molecule has 0 bridgehead atoms. The van der Waals surface area contributed by atoms with Crippen LogP contribution in [0.25, 0.3) is 0 Å². The molecule has 0 aromatic carbocycles. The topological polar surface area (TPSA) is 57.2 Å². The first kappa shape index (κ1) is 16.1. The number of aromatic nitrogens is 3. The molecule has 2 aromatic heterocycles. The predicted octanol–water partition coefficient (Wildman–Crippen LogP) is 2.38. The minimum atomic E-state index is 0.327. The first-order chi connectivity index (χ1) is 11.0. The lowest BCUT2D eigenvalue weighted by molar-refractivity contribution is 0.243. The number of thiazole rings is 1. The van der Waals surface area contributed by atoms with Crippen LogP contribution in [-0.2, 0) is 19.5 Å². The molecule has 0 amide bonds. The number of nitrogens with zero attached hydrogens (tertiary/aromatic N) is 5. The van der Waals surface area contributed by atoms with E-state index in [0.29, 0.717) is 6.04 Å². The highest BCUT2D eigenvalue weighted by Crippen LogP contribution is 2.28. The molecule has 0 fully saturated rings. The molecule has 0 saturated carbocycles. The smallest absolute Gasteiger partial charge is 0.225 e. The summed E-state index contributed by atoms with van der Waals surface area (Å²) in [4.78, 5) is 18.4. The van der Waals surface area contributed by atoms with Gasteiger partial charge in [0.15, 0.2) is 0 Å². The van der Waals surface area contributed by atoms with Gasteiger partial charge in [0.25, 0.3) is 0 Å². The van der Waals surface area contributed by atoms with Crippen molar-refractivity contribution in [3.8, 4) is 0 Å². The van der Waals surface area contributed by atoms with Gasteiger partial charge in [0.2, 0.25) is 5.95 Å². The third-order valence-corrected chi connectivity index (χ3v) is 4.57. The maximum absolute atomic E-state index is 4.74. The molecule has 0 aliphatic carbocycles. The first-order valence-corrected chi connectivity index (χ1v) is 8.85. The van der Waals surface area contributed by atoms with Gasteiger partial charge in [-0.15, -0.1) is 11.3 Å². The van der Waals surface area contributed by atoms with Crippen molar-refractivity contribution in [3.05, 3.63) is 27.8 Å². The fourth-order valence-corrected chi connectivity index (χ4v) is 3.46. The maximum Gasteiger partial charge on any atom is 0.225 e. The van der Waals surface area contributed by atoms with E-state index in [1.165, 1.54) is 16.3 Å². The van der Waals surface area contributed by atoms with Gasteiger partial charge in [0, 0.05) is 56.8 Å². The summed E-state index contributed by atoms with van der Waals surface area (Å²) in [5, 5.41) is 6.53. The molecule has 3 heterocycles. The summed E-state index contributed by atoms with van der Waals surface area (Å²) in [6.07, 6.45) is 2.83. The Hall–Kier alpha value is -1.73. The Labute approximate surface area is 141 Å². The van der Waals surface area contributed by atoms with Gasteiger partial charge in [0.05, 0.1) is 12.2 Å². The van der Waals surface area contributed by atoms with Crippen molar-refractivity contribution in [1.82, 2.24) is 19.9 Å². The average molecular weight is 332 g/mol. The minimum Gasteiger partial charge on any atom is -0.362 e. The Kier molecular flexibility index (Phi) is 4.77. The molecule has 0 saturated heterocycles. The Morgan fingerprint density at radius 1 is 1.35 bits per heavy atom. The molecule has 0 unspecified atom stereocenters. The van der Waals surface area contributed by atoms with Crippen LogP contribution in [0.1, 0.15) is 30.1 Å². The number of nitrogens with one attached hydrogen (secondary N) is 1. The Bertz CT molecular complexity index is 653. The Morgan fingerprint density at radius 3 is 2.83 bits per heavy atom. The summed E-state index contributed by atoms with van der Waals surface area (Å²) in [5.74, 6) is 1.75. The van der Waals surface area contributed by atoms with Gasteiger partial charge in [-0.3, -0.25) is 4.90 Å². The summed E-state index contributed by atoms with van der Waals surface area (Å²) in [5.41, 5.74) is 2.41. The number of hydrogen-bond acceptors (Lipinski definition) is 7. The van der Waals surface area contributed by atoms with Crippen LogP contribution >= 0.6 is 11.3 Å². The Balaban J connectivity index is 1.85. The molecule has 1 aliphatic rings. The van der Waals surface area contributed by atoms with Gasteiger partial charge in [-0.1, -0.05) is 0 Å². The molecule has 7 heteroatoms. The van der Waals surface area contributed by atoms with Crippen LogP contribution in [-0.4, -0.2) is 46.5 Å². The van der Waals surface area contributed by atoms with Crippen LogP contribution in [0.2, 0.25) is 0 Å². The fraction of sp³-hybridized carbons (Fsp3) is 0.562. The molecule has 3 rings (SSSR count). The summed E-state index contributed by atoms with van der Waals surface area (Å²) < 4.78 is 0. The predicted molar refractivity (Wildman–Crippen MR) is 95.0 cm³/mol. The zero-order valence-electron chi connectivity index (χ0n) is 14.2. The summed E-state index contributed by atoms with van der Waals surface area (Å²) in [7, 11) is 4.09. The standard InChI is InChI=1S/C16H24N6S/c1-11(2)18-16-19-13-5-7-22(10-14-17-6-8-23-14)9-12(13)15(20-16)21(3)4/h6,8,11H,5,7,9-10H2,1-4H3,(H,18,19,20). The van der Waals surface area contributed by atoms with Crippen molar-refractivity contribution in [2.24, 2.45) is 0 Å². The molecular formula is C16H24N6S. The molecule has 1 N–H and O–H groups in total. The van der Waals surface area contributed by atoms with E-state index in [9.17, 15) is 0 Å². The molecule has 6 nitrogen and oxygen atoms in total. The normalized spacial score (nSPS) is 14.8. The zero-order chi connectivity index (χ0) is 16.4. The zero-order valence-corrected chi connectivity index (χ0v) is 15.0. The van der Waals surface area contributed by atoms with E-state index < -0.39 is 0 Å². The third-order valence-electron chi connectivity index (χ3n) is 3.80. The highest BCUT2D eigenvalue weighted by Gasteiger charge is 2.24. The van der Waals surface area contributed by atoms with Gasteiger partial charge in [-0.05, 0) is 13.8 Å². The van der Waals surface area contributed by atoms with E-state index in [-0.39, 0.29) is 0 Å². The molecule has 23 heavy (non-hydrogen) atoms. The van der Waals surface area contributed by atoms with E-state index in [1.54, 1.807) is 11.3 Å². The highest BCUT2D eigenvalue weighted by atomic mass is 32.1. The van der Waals surface area contributed by atoms with E-state index in [1.807, 2.05) is 25.7 Å². The number of anilines is 2. The lowest BCUT2D eigenvalue weighted by atomic mass is 10.1. The molecule has 0 spiro atoms. The van der Waals surface area contributed by atoms with Gasteiger partial charge < -0.3 is 10.2 Å². The molecule has 124 valence electrons. The van der Waals surface area contributed by atoms with E-state index >= 15 is 0 Å². The van der Waals surface area contributed by atoms with E-state index in [0.717, 1.165) is 37.8 Å². The molecule has 0 atom stereocenters. The third kappa shape index (κ3) is 3.79. The van der Waals surface area contributed by atoms with E-state index in [2.05, 4.69) is 33.9 Å². The molecule has 2 aromatic rings. The van der Waals surface area contributed by atoms with Gasteiger partial charge in [-0.2, -0.15) is 4.98 Å². The second kappa shape index (κ2) is 6.80. The van der Waals surface area contributed by atoms with Crippen molar-refractivity contribution in [2.45, 2.75) is 39.4 Å². The molecular weight excluding hydrogens is 308 g/mol. The minimum absolute atomic E-state index is 0.327. The summed E-state index contributed by atoms with van der Waals surface area (Å²) in [6, 6.07) is 0.327. The van der Waals surface area contributed by atoms with Crippen molar-refractivity contribution >= 4 is 23.1 Å². The summed E-state index contributed by atoms with van der Waals surface area (Å²) >= 11 is 1.71.